The van der Waals surface area contributed by atoms with Crippen LogP contribution in [0.15, 0.2) is 12.2 Å². The predicted octanol–water partition coefficient (Wildman–Crippen LogP) is 3.57. The van der Waals surface area contributed by atoms with Crippen molar-refractivity contribution in [3.05, 3.63) is 12.2 Å². The molecule has 0 aromatic carbocycles. The SMILES string of the molecule is C[C@]12C=CC(=O)C(=N)C1CC[C@@H]1[C@@H]2CC[C@]2(C)C(=O)CC[C@@H]12. The lowest BCUT2D eigenvalue weighted by Gasteiger charge is -2.57. The smallest absolute Gasteiger partial charge is 0.199 e. The van der Waals surface area contributed by atoms with Gasteiger partial charge in [0.2, 0.25) is 0 Å². The molecule has 0 radical (unpaired) electrons. The molecular weight excluding hydrogens is 274 g/mol. The Labute approximate surface area is 132 Å². The molecule has 3 heteroatoms. The van der Waals surface area contributed by atoms with Crippen molar-refractivity contribution >= 4 is 17.3 Å². The van der Waals surface area contributed by atoms with Gasteiger partial charge in [0, 0.05) is 17.8 Å². The van der Waals surface area contributed by atoms with Crippen LogP contribution < -0.4 is 0 Å². The van der Waals surface area contributed by atoms with Crippen LogP contribution in [0.4, 0.5) is 0 Å². The average molecular weight is 299 g/mol. The van der Waals surface area contributed by atoms with Crippen molar-refractivity contribution < 1.29 is 9.59 Å². The first-order valence-corrected chi connectivity index (χ1v) is 8.73. The summed E-state index contributed by atoms with van der Waals surface area (Å²) < 4.78 is 0. The Balaban J connectivity index is 1.72. The van der Waals surface area contributed by atoms with Crippen molar-refractivity contribution in [2.24, 2.45) is 34.5 Å². The van der Waals surface area contributed by atoms with Gasteiger partial charge in [0.05, 0.1) is 5.71 Å². The number of hydrogen-bond acceptors (Lipinski definition) is 3. The highest BCUT2D eigenvalue weighted by molar-refractivity contribution is 6.44. The van der Waals surface area contributed by atoms with E-state index in [9.17, 15) is 9.59 Å². The maximum absolute atomic E-state index is 12.4. The number of ketones is 2. The average Bonchev–Trinajstić information content (AvgIpc) is 2.79. The third kappa shape index (κ3) is 1.60. The second-order valence-corrected chi connectivity index (χ2v) is 8.40. The summed E-state index contributed by atoms with van der Waals surface area (Å²) in [5.74, 6) is 2.12. The predicted molar refractivity (Wildman–Crippen MR) is 84.8 cm³/mol. The van der Waals surface area contributed by atoms with Crippen molar-refractivity contribution in [1.82, 2.24) is 0 Å². The lowest BCUT2D eigenvalue weighted by molar-refractivity contribution is -0.133. The van der Waals surface area contributed by atoms with E-state index in [-0.39, 0.29) is 22.5 Å². The summed E-state index contributed by atoms with van der Waals surface area (Å²) in [5, 5.41) is 8.21. The van der Waals surface area contributed by atoms with Crippen LogP contribution in [0.1, 0.15) is 52.4 Å². The van der Waals surface area contributed by atoms with Gasteiger partial charge in [0.15, 0.2) is 5.78 Å². The maximum Gasteiger partial charge on any atom is 0.199 e. The molecule has 118 valence electrons. The molecule has 3 nitrogen and oxygen atoms in total. The molecular formula is C19H25NO2. The maximum atomic E-state index is 12.4. The number of fused-ring (bicyclic) bond motifs is 5. The van der Waals surface area contributed by atoms with Gasteiger partial charge >= 0.3 is 0 Å². The fourth-order valence-electron chi connectivity index (χ4n) is 6.37. The largest absolute Gasteiger partial charge is 0.301 e. The topological polar surface area (TPSA) is 58.0 Å². The van der Waals surface area contributed by atoms with E-state index < -0.39 is 0 Å². The molecule has 0 saturated heterocycles. The molecule has 4 rings (SSSR count). The van der Waals surface area contributed by atoms with E-state index in [0.29, 0.717) is 29.2 Å². The van der Waals surface area contributed by atoms with Crippen LogP contribution >= 0.6 is 0 Å². The van der Waals surface area contributed by atoms with Gasteiger partial charge in [0.25, 0.3) is 0 Å². The van der Waals surface area contributed by atoms with E-state index in [1.165, 1.54) is 0 Å². The van der Waals surface area contributed by atoms with Crippen molar-refractivity contribution in [3.8, 4) is 0 Å². The lowest BCUT2D eigenvalue weighted by atomic mass is 9.46. The van der Waals surface area contributed by atoms with Crippen molar-refractivity contribution in [1.29, 1.82) is 5.41 Å². The molecule has 0 aromatic heterocycles. The molecule has 0 aliphatic heterocycles. The van der Waals surface area contributed by atoms with E-state index in [4.69, 9.17) is 5.41 Å². The molecule has 3 fully saturated rings. The third-order valence-electron chi connectivity index (χ3n) is 7.69. The summed E-state index contributed by atoms with van der Waals surface area (Å²) in [4.78, 5) is 24.2. The normalized spacial score (nSPS) is 50.5. The van der Waals surface area contributed by atoms with Gasteiger partial charge in [-0.15, -0.1) is 0 Å². The number of carbonyl (C=O) groups excluding carboxylic acids is 2. The van der Waals surface area contributed by atoms with Crippen molar-refractivity contribution in [3.63, 3.8) is 0 Å². The van der Waals surface area contributed by atoms with E-state index in [0.717, 1.165) is 38.5 Å². The fourth-order valence-corrected chi connectivity index (χ4v) is 6.37. The molecule has 22 heavy (non-hydrogen) atoms. The molecule has 4 aliphatic rings. The molecule has 0 aromatic rings. The minimum Gasteiger partial charge on any atom is -0.301 e. The first-order valence-electron chi connectivity index (χ1n) is 8.73. The van der Waals surface area contributed by atoms with Crippen LogP contribution in [0.3, 0.4) is 0 Å². The van der Waals surface area contributed by atoms with Crippen LogP contribution in [0.5, 0.6) is 0 Å². The quantitative estimate of drug-likeness (QED) is 0.743. The Kier molecular flexibility index (Phi) is 2.87. The molecule has 4 aliphatic carbocycles. The van der Waals surface area contributed by atoms with E-state index >= 15 is 0 Å². The van der Waals surface area contributed by atoms with Gasteiger partial charge in [-0.05, 0) is 61.3 Å². The second-order valence-electron chi connectivity index (χ2n) is 8.40. The zero-order chi connectivity index (χ0) is 15.7. The van der Waals surface area contributed by atoms with Gasteiger partial charge in [-0.25, -0.2) is 0 Å². The second kappa shape index (κ2) is 4.39. The Hall–Kier alpha value is -1.25. The molecule has 1 N–H and O–H groups in total. The van der Waals surface area contributed by atoms with E-state index in [1.54, 1.807) is 6.08 Å². The summed E-state index contributed by atoms with van der Waals surface area (Å²) in [6, 6.07) is 0. The molecule has 3 saturated carbocycles. The number of rotatable bonds is 0. The molecule has 0 bridgehead atoms. The van der Waals surface area contributed by atoms with Crippen LogP contribution in [-0.4, -0.2) is 17.3 Å². The molecule has 0 heterocycles. The van der Waals surface area contributed by atoms with Crippen molar-refractivity contribution in [2.45, 2.75) is 52.4 Å². The first-order chi connectivity index (χ1) is 10.4. The Bertz CT molecular complexity index is 607. The number of allylic oxidation sites excluding steroid dienone is 2. The van der Waals surface area contributed by atoms with Gasteiger partial charge in [-0.2, -0.15) is 0 Å². The highest BCUT2D eigenvalue weighted by Gasteiger charge is 2.60. The van der Waals surface area contributed by atoms with E-state index in [1.807, 2.05) is 0 Å². The highest BCUT2D eigenvalue weighted by Crippen LogP contribution is 2.63. The van der Waals surface area contributed by atoms with Gasteiger partial charge in [-0.1, -0.05) is 19.9 Å². The van der Waals surface area contributed by atoms with Crippen LogP contribution in [-0.2, 0) is 9.59 Å². The van der Waals surface area contributed by atoms with Crippen LogP contribution in [0.25, 0.3) is 0 Å². The summed E-state index contributed by atoms with van der Waals surface area (Å²) in [6.45, 7) is 4.45. The summed E-state index contributed by atoms with van der Waals surface area (Å²) in [7, 11) is 0. The monoisotopic (exact) mass is 299 g/mol. The van der Waals surface area contributed by atoms with E-state index in [2.05, 4.69) is 19.9 Å². The Morgan fingerprint density at radius 3 is 2.64 bits per heavy atom. The minimum absolute atomic E-state index is 0.0547. The molecule has 0 amide bonds. The number of Topliss-reactive ketones (excluding diaryl/α,β-unsaturated/α-hetero) is 1. The fraction of sp³-hybridized carbons (Fsp3) is 0.737. The number of carbonyl (C=O) groups is 2. The number of nitrogens with one attached hydrogen (secondary N) is 1. The number of hydrogen-bond donors (Lipinski definition) is 1. The van der Waals surface area contributed by atoms with Gasteiger partial charge in [0.1, 0.15) is 5.78 Å². The zero-order valence-corrected chi connectivity index (χ0v) is 13.5. The minimum atomic E-state index is -0.0994. The van der Waals surface area contributed by atoms with Crippen LogP contribution in [0.2, 0.25) is 0 Å². The highest BCUT2D eigenvalue weighted by atomic mass is 16.1. The van der Waals surface area contributed by atoms with Gasteiger partial charge in [-0.3, -0.25) is 9.59 Å². The van der Waals surface area contributed by atoms with Gasteiger partial charge < -0.3 is 5.41 Å². The molecule has 0 spiro atoms. The standard InChI is InChI=1S/C19H25NO2/c1-18-10-8-15(21)17(20)14(18)4-3-11-12-5-6-16(22)19(12,2)9-7-13(11)18/h8,10-14,20H,3-7,9H2,1-2H3/t11-,12-,13-,14?,18+,19-/m0/s1. The van der Waals surface area contributed by atoms with Crippen LogP contribution in [0, 0.1) is 39.9 Å². The zero-order valence-electron chi connectivity index (χ0n) is 13.5. The molecule has 1 unspecified atom stereocenters. The van der Waals surface area contributed by atoms with Crippen molar-refractivity contribution in [2.75, 3.05) is 0 Å². The lowest BCUT2D eigenvalue weighted by Crippen LogP contribution is -2.54. The Morgan fingerprint density at radius 2 is 1.86 bits per heavy atom. The summed E-state index contributed by atoms with van der Waals surface area (Å²) >= 11 is 0. The third-order valence-corrected chi connectivity index (χ3v) is 7.69. The Morgan fingerprint density at radius 1 is 1.09 bits per heavy atom. The molecule has 6 atom stereocenters. The first kappa shape index (κ1) is 14.3. The summed E-state index contributed by atoms with van der Waals surface area (Å²) in [5.41, 5.74) is 0.173. The summed E-state index contributed by atoms with van der Waals surface area (Å²) in [6.07, 6.45) is 9.64.